The fraction of sp³-hybridized carbons (Fsp3) is 0.231. The van der Waals surface area contributed by atoms with Crippen LogP contribution in [-0.4, -0.2) is 9.97 Å². The van der Waals surface area contributed by atoms with Gasteiger partial charge in [-0.3, -0.25) is 4.79 Å². The summed E-state index contributed by atoms with van der Waals surface area (Å²) in [5, 5.41) is 0. The van der Waals surface area contributed by atoms with Crippen molar-refractivity contribution in [1.29, 1.82) is 0 Å². The third-order valence-corrected chi connectivity index (χ3v) is 4.82. The number of nitrogens with zero attached hydrogens (tertiary/aromatic N) is 1. The molecule has 1 aromatic carbocycles. The second kappa shape index (κ2) is 5.38. The Hall–Kier alpha value is -1.27. The number of fused-ring (bicyclic) bond motifs is 1. The molecule has 1 aliphatic heterocycles. The zero-order valence-corrected chi connectivity index (χ0v) is 11.6. The van der Waals surface area contributed by atoms with E-state index in [1.54, 1.807) is 23.9 Å². The van der Waals surface area contributed by atoms with Gasteiger partial charge in [-0.15, -0.1) is 11.8 Å². The molecule has 0 bridgehead atoms. The van der Waals surface area contributed by atoms with Crippen LogP contribution < -0.4 is 5.56 Å². The van der Waals surface area contributed by atoms with Gasteiger partial charge in [-0.2, -0.15) is 11.8 Å². The van der Waals surface area contributed by atoms with Crippen LogP contribution in [0.15, 0.2) is 34.0 Å². The van der Waals surface area contributed by atoms with Gasteiger partial charge in [-0.1, -0.05) is 0 Å². The van der Waals surface area contributed by atoms with Crippen molar-refractivity contribution >= 4 is 23.5 Å². The number of hydrogen-bond donors (Lipinski definition) is 1. The average molecular weight is 294 g/mol. The Morgan fingerprint density at radius 3 is 2.89 bits per heavy atom. The molecule has 19 heavy (non-hydrogen) atoms. The number of thioether (sulfide) groups is 2. The van der Waals surface area contributed by atoms with Gasteiger partial charge in [0.25, 0.3) is 5.56 Å². The molecule has 0 spiro atoms. The molecule has 2 aromatic rings. The third-order valence-electron chi connectivity index (χ3n) is 2.82. The maximum atomic E-state index is 12.8. The molecule has 0 amide bonds. The van der Waals surface area contributed by atoms with Crippen LogP contribution in [0, 0.1) is 5.82 Å². The summed E-state index contributed by atoms with van der Waals surface area (Å²) in [5.74, 6) is 2.58. The maximum Gasteiger partial charge on any atom is 0.255 e. The summed E-state index contributed by atoms with van der Waals surface area (Å²) in [6.45, 7) is 0. The molecule has 1 aliphatic rings. The van der Waals surface area contributed by atoms with Gasteiger partial charge in [0.05, 0.1) is 11.4 Å². The third kappa shape index (κ3) is 2.84. The van der Waals surface area contributed by atoms with E-state index in [9.17, 15) is 9.18 Å². The van der Waals surface area contributed by atoms with E-state index >= 15 is 0 Å². The van der Waals surface area contributed by atoms with Crippen LogP contribution in [0.25, 0.3) is 0 Å². The highest BCUT2D eigenvalue weighted by molar-refractivity contribution is 7.98. The molecule has 2 heterocycles. The lowest BCUT2D eigenvalue weighted by Crippen LogP contribution is -2.16. The highest BCUT2D eigenvalue weighted by Gasteiger charge is 2.17. The zero-order valence-electron chi connectivity index (χ0n) is 9.98. The van der Waals surface area contributed by atoms with Gasteiger partial charge < -0.3 is 4.98 Å². The molecule has 6 heteroatoms. The van der Waals surface area contributed by atoms with E-state index in [0.717, 1.165) is 27.7 Å². The van der Waals surface area contributed by atoms with E-state index in [2.05, 4.69) is 9.97 Å². The van der Waals surface area contributed by atoms with Crippen molar-refractivity contribution < 1.29 is 4.39 Å². The monoisotopic (exact) mass is 294 g/mol. The molecule has 0 aliphatic carbocycles. The highest BCUT2D eigenvalue weighted by atomic mass is 32.2. The number of aromatic amines is 1. The fourth-order valence-corrected chi connectivity index (χ4v) is 3.67. The van der Waals surface area contributed by atoms with E-state index in [1.807, 2.05) is 0 Å². The number of H-pyrrole nitrogens is 1. The number of benzene rings is 1. The Labute approximate surface area is 118 Å². The highest BCUT2D eigenvalue weighted by Crippen LogP contribution is 2.26. The second-order valence-corrected chi connectivity index (χ2v) is 6.21. The van der Waals surface area contributed by atoms with Crippen LogP contribution in [0.3, 0.4) is 0 Å². The summed E-state index contributed by atoms with van der Waals surface area (Å²) >= 11 is 3.24. The van der Waals surface area contributed by atoms with Crippen LogP contribution in [0.4, 0.5) is 4.39 Å². The Kier molecular flexibility index (Phi) is 3.61. The minimum atomic E-state index is -0.245. The molecular formula is C13H11FN2OS2. The number of nitrogens with one attached hydrogen (secondary N) is 1. The first kappa shape index (κ1) is 12.7. The molecule has 3 rings (SSSR count). The van der Waals surface area contributed by atoms with E-state index in [4.69, 9.17) is 0 Å². The first-order chi connectivity index (χ1) is 9.22. The average Bonchev–Trinajstić information content (AvgIpc) is 2.87. The van der Waals surface area contributed by atoms with Gasteiger partial charge in [0.15, 0.2) is 0 Å². The Morgan fingerprint density at radius 1 is 1.32 bits per heavy atom. The molecule has 0 saturated carbocycles. The van der Waals surface area contributed by atoms with Gasteiger partial charge in [0, 0.05) is 22.0 Å². The quantitative estimate of drug-likeness (QED) is 0.884. The summed E-state index contributed by atoms with van der Waals surface area (Å²) in [6.07, 6.45) is 0. The molecular weight excluding hydrogens is 283 g/mol. The maximum absolute atomic E-state index is 12.8. The molecule has 0 fully saturated rings. The van der Waals surface area contributed by atoms with Gasteiger partial charge in [-0.25, -0.2) is 9.37 Å². The first-order valence-corrected chi connectivity index (χ1v) is 7.93. The zero-order chi connectivity index (χ0) is 13.2. The Bertz CT molecular complexity index is 655. The van der Waals surface area contributed by atoms with Crippen molar-refractivity contribution in [1.82, 2.24) is 9.97 Å². The van der Waals surface area contributed by atoms with Crippen LogP contribution in [-0.2, 0) is 17.3 Å². The van der Waals surface area contributed by atoms with E-state index in [1.165, 1.54) is 23.9 Å². The first-order valence-electron chi connectivity index (χ1n) is 5.79. The number of aromatic nitrogens is 2. The molecule has 0 atom stereocenters. The Morgan fingerprint density at radius 2 is 2.11 bits per heavy atom. The molecule has 1 N–H and O–H groups in total. The summed E-state index contributed by atoms with van der Waals surface area (Å²) in [5.41, 5.74) is 1.69. The summed E-state index contributed by atoms with van der Waals surface area (Å²) in [7, 11) is 0. The minimum absolute atomic E-state index is 0.0234. The lowest BCUT2D eigenvalue weighted by molar-refractivity contribution is 0.626. The number of hydrogen-bond acceptors (Lipinski definition) is 4. The topological polar surface area (TPSA) is 45.8 Å². The standard InChI is InChI=1S/C13H11FN2OS2/c14-8-1-3-9(4-2-8)19-7-12-15-11-6-18-5-10(11)13(17)16-12/h1-4H,5-7H2,(H,15,16,17). The van der Waals surface area contributed by atoms with Crippen molar-refractivity contribution in [3.05, 3.63) is 57.5 Å². The summed E-state index contributed by atoms with van der Waals surface area (Å²) in [6, 6.07) is 6.30. The van der Waals surface area contributed by atoms with Crippen LogP contribution in [0.1, 0.15) is 17.1 Å². The molecule has 98 valence electrons. The van der Waals surface area contributed by atoms with Crippen molar-refractivity contribution in [2.45, 2.75) is 22.2 Å². The van der Waals surface area contributed by atoms with Crippen molar-refractivity contribution in [2.24, 2.45) is 0 Å². The number of halogens is 1. The van der Waals surface area contributed by atoms with Crippen molar-refractivity contribution in [2.75, 3.05) is 0 Å². The molecule has 3 nitrogen and oxygen atoms in total. The van der Waals surface area contributed by atoms with Gasteiger partial charge in [0.2, 0.25) is 0 Å². The second-order valence-electron chi connectivity index (χ2n) is 4.17. The van der Waals surface area contributed by atoms with E-state index in [-0.39, 0.29) is 11.4 Å². The molecule has 1 aromatic heterocycles. The van der Waals surface area contributed by atoms with Crippen LogP contribution >= 0.6 is 23.5 Å². The Balaban J connectivity index is 1.75. The lowest BCUT2D eigenvalue weighted by Gasteiger charge is -2.03. The predicted octanol–water partition coefficient (Wildman–Crippen LogP) is 2.95. The predicted molar refractivity (Wildman–Crippen MR) is 75.8 cm³/mol. The molecule has 0 radical (unpaired) electrons. The van der Waals surface area contributed by atoms with Crippen molar-refractivity contribution in [3.63, 3.8) is 0 Å². The normalized spacial score (nSPS) is 13.5. The largest absolute Gasteiger partial charge is 0.310 e. The van der Waals surface area contributed by atoms with Gasteiger partial charge >= 0.3 is 0 Å². The van der Waals surface area contributed by atoms with Crippen LogP contribution in [0.2, 0.25) is 0 Å². The van der Waals surface area contributed by atoms with Gasteiger partial charge in [-0.05, 0) is 24.3 Å². The van der Waals surface area contributed by atoms with E-state index in [0.29, 0.717) is 11.6 Å². The van der Waals surface area contributed by atoms with E-state index < -0.39 is 0 Å². The van der Waals surface area contributed by atoms with Crippen molar-refractivity contribution in [3.8, 4) is 0 Å². The van der Waals surface area contributed by atoms with Crippen LogP contribution in [0.5, 0.6) is 0 Å². The fourth-order valence-electron chi connectivity index (χ4n) is 1.86. The SMILES string of the molecule is O=c1[nH]c(CSc2ccc(F)cc2)nc2c1CSC2. The molecule has 0 saturated heterocycles. The smallest absolute Gasteiger partial charge is 0.255 e. The number of rotatable bonds is 3. The van der Waals surface area contributed by atoms with Gasteiger partial charge in [0.1, 0.15) is 11.6 Å². The molecule has 0 unspecified atom stereocenters. The lowest BCUT2D eigenvalue weighted by atomic mass is 10.3. The summed E-state index contributed by atoms with van der Waals surface area (Å²) < 4.78 is 12.8. The minimum Gasteiger partial charge on any atom is -0.310 e. The summed E-state index contributed by atoms with van der Waals surface area (Å²) in [4.78, 5) is 20.1.